The molecule has 0 saturated heterocycles. The van der Waals surface area contributed by atoms with E-state index < -0.39 is 0 Å². The second kappa shape index (κ2) is 7.52. The van der Waals surface area contributed by atoms with Crippen molar-refractivity contribution in [1.29, 1.82) is 0 Å². The van der Waals surface area contributed by atoms with E-state index in [-0.39, 0.29) is 5.91 Å². The van der Waals surface area contributed by atoms with Gasteiger partial charge in [0.2, 0.25) is 0 Å². The third-order valence-corrected chi connectivity index (χ3v) is 4.01. The van der Waals surface area contributed by atoms with Gasteiger partial charge in [-0.05, 0) is 50.8 Å². The van der Waals surface area contributed by atoms with Crippen LogP contribution in [-0.2, 0) is 13.2 Å². The summed E-state index contributed by atoms with van der Waals surface area (Å²) in [5, 5.41) is 6.96. The Morgan fingerprint density at radius 1 is 1.35 bits per heavy atom. The highest BCUT2D eigenvalue weighted by Gasteiger charge is 2.08. The van der Waals surface area contributed by atoms with Gasteiger partial charge in [-0.2, -0.15) is 5.10 Å². The number of hydrogen-bond acceptors (Lipinski definition) is 4. The quantitative estimate of drug-likeness (QED) is 0.825. The van der Waals surface area contributed by atoms with Crippen LogP contribution in [-0.4, -0.2) is 39.3 Å². The van der Waals surface area contributed by atoms with Crippen LogP contribution >= 0.6 is 12.2 Å². The minimum Gasteiger partial charge on any atom is -0.355 e. The lowest BCUT2D eigenvalue weighted by Crippen LogP contribution is -2.23. The summed E-state index contributed by atoms with van der Waals surface area (Å²) in [6.45, 7) is 5.54. The zero-order chi connectivity index (χ0) is 17.0. The Morgan fingerprint density at radius 2 is 2.00 bits per heavy atom. The van der Waals surface area contributed by atoms with Crippen LogP contribution in [0.3, 0.4) is 0 Å². The van der Waals surface area contributed by atoms with Crippen molar-refractivity contribution in [3.8, 4) is 0 Å². The predicted octanol–water partition coefficient (Wildman–Crippen LogP) is 2.44. The largest absolute Gasteiger partial charge is 0.355 e. The van der Waals surface area contributed by atoms with Crippen molar-refractivity contribution >= 4 is 18.1 Å². The Labute approximate surface area is 141 Å². The molecule has 0 unspecified atom stereocenters. The van der Waals surface area contributed by atoms with E-state index in [4.69, 9.17) is 12.2 Å². The van der Waals surface area contributed by atoms with Crippen LogP contribution in [0.2, 0.25) is 0 Å². The summed E-state index contributed by atoms with van der Waals surface area (Å²) in [5.74, 6) is -0.0737. The van der Waals surface area contributed by atoms with Gasteiger partial charge >= 0.3 is 0 Å². The second-order valence-electron chi connectivity index (χ2n) is 5.85. The highest BCUT2D eigenvalue weighted by Crippen LogP contribution is 2.09. The molecule has 6 nitrogen and oxygen atoms in total. The van der Waals surface area contributed by atoms with Crippen LogP contribution in [0.4, 0.5) is 0 Å². The highest BCUT2D eigenvalue weighted by molar-refractivity contribution is 7.71. The fourth-order valence-electron chi connectivity index (χ4n) is 2.30. The van der Waals surface area contributed by atoms with Crippen LogP contribution in [0.15, 0.2) is 30.6 Å². The van der Waals surface area contributed by atoms with Crippen molar-refractivity contribution in [3.63, 3.8) is 0 Å². The molecular formula is C16H23N5OS. The van der Waals surface area contributed by atoms with Gasteiger partial charge in [-0.1, -0.05) is 12.1 Å². The van der Waals surface area contributed by atoms with Crippen molar-refractivity contribution < 1.29 is 4.79 Å². The molecule has 1 heterocycles. The molecule has 1 aromatic carbocycles. The molecule has 0 spiro atoms. The van der Waals surface area contributed by atoms with E-state index in [0.29, 0.717) is 18.3 Å². The van der Waals surface area contributed by atoms with Crippen LogP contribution in [0, 0.1) is 4.77 Å². The van der Waals surface area contributed by atoms with Crippen molar-refractivity contribution in [2.75, 3.05) is 14.1 Å². The molecule has 2 rings (SSSR count). The Bertz CT molecular complexity index is 717. The number of aromatic nitrogens is 3. The van der Waals surface area contributed by atoms with Crippen molar-refractivity contribution in [2.45, 2.75) is 33.1 Å². The molecule has 0 saturated carbocycles. The van der Waals surface area contributed by atoms with Crippen molar-refractivity contribution in [2.24, 2.45) is 0 Å². The maximum Gasteiger partial charge on any atom is 0.251 e. The summed E-state index contributed by atoms with van der Waals surface area (Å²) in [4.78, 5) is 13.7. The van der Waals surface area contributed by atoms with Gasteiger partial charge in [0.05, 0.1) is 6.67 Å². The molecule has 23 heavy (non-hydrogen) atoms. The number of rotatable bonds is 6. The normalized spacial score (nSPS) is 11.2. The molecule has 0 aliphatic rings. The molecule has 2 aromatic rings. The number of nitrogens with one attached hydrogen (secondary N) is 1. The lowest BCUT2D eigenvalue weighted by atomic mass is 10.1. The number of hydrogen-bond donors (Lipinski definition) is 1. The van der Waals surface area contributed by atoms with Gasteiger partial charge < -0.3 is 9.88 Å². The van der Waals surface area contributed by atoms with E-state index in [1.165, 1.54) is 0 Å². The van der Waals surface area contributed by atoms with Gasteiger partial charge in [0.15, 0.2) is 4.77 Å². The first-order chi connectivity index (χ1) is 10.9. The topological polar surface area (TPSA) is 55.1 Å². The van der Waals surface area contributed by atoms with E-state index in [2.05, 4.69) is 29.2 Å². The summed E-state index contributed by atoms with van der Waals surface area (Å²) >= 11 is 5.44. The van der Waals surface area contributed by atoms with Crippen LogP contribution < -0.4 is 5.32 Å². The third kappa shape index (κ3) is 4.27. The molecule has 0 fully saturated rings. The summed E-state index contributed by atoms with van der Waals surface area (Å²) in [5.41, 5.74) is 1.80. The molecule has 0 radical (unpaired) electrons. The second-order valence-corrected chi connectivity index (χ2v) is 6.21. The van der Waals surface area contributed by atoms with E-state index in [0.717, 1.165) is 16.9 Å². The van der Waals surface area contributed by atoms with E-state index in [1.54, 1.807) is 13.4 Å². The summed E-state index contributed by atoms with van der Waals surface area (Å²) in [6, 6.07) is 7.90. The van der Waals surface area contributed by atoms with Gasteiger partial charge in [-0.15, -0.1) is 0 Å². The molecule has 1 amide bonds. The zero-order valence-corrected chi connectivity index (χ0v) is 14.8. The average Bonchev–Trinajstić information content (AvgIpc) is 2.88. The van der Waals surface area contributed by atoms with Crippen LogP contribution in [0.25, 0.3) is 0 Å². The highest BCUT2D eigenvalue weighted by atomic mass is 32.1. The maximum atomic E-state index is 11.5. The first-order valence-corrected chi connectivity index (χ1v) is 7.96. The van der Waals surface area contributed by atoms with Gasteiger partial charge in [-0.25, -0.2) is 4.68 Å². The fraction of sp³-hybridized carbons (Fsp3) is 0.438. The van der Waals surface area contributed by atoms with Gasteiger partial charge in [0.25, 0.3) is 5.91 Å². The molecule has 0 bridgehead atoms. The van der Waals surface area contributed by atoms with Gasteiger partial charge in [0, 0.05) is 25.2 Å². The van der Waals surface area contributed by atoms with Crippen LogP contribution in [0.1, 0.15) is 35.8 Å². The average molecular weight is 333 g/mol. The summed E-state index contributed by atoms with van der Waals surface area (Å²) in [7, 11) is 3.65. The van der Waals surface area contributed by atoms with Crippen molar-refractivity contribution in [1.82, 2.24) is 24.6 Å². The van der Waals surface area contributed by atoms with E-state index >= 15 is 0 Å². The molecule has 0 aliphatic carbocycles. The lowest BCUT2D eigenvalue weighted by Gasteiger charge is -2.17. The number of amides is 1. The third-order valence-electron chi connectivity index (χ3n) is 3.58. The standard InChI is InChI=1S/C16H23N5OS/c1-12(2)20-10-18-21(16(20)23)11-19(4)9-13-5-7-14(8-6-13)15(22)17-3/h5-8,10,12H,9,11H2,1-4H3,(H,17,22). The first kappa shape index (κ1) is 17.4. The number of nitrogens with zero attached hydrogens (tertiary/aromatic N) is 4. The molecule has 1 aromatic heterocycles. The Kier molecular flexibility index (Phi) is 5.68. The molecule has 7 heteroatoms. The molecule has 0 atom stereocenters. The number of carbonyl (C=O) groups is 1. The minimum atomic E-state index is -0.0737. The first-order valence-electron chi connectivity index (χ1n) is 7.56. The van der Waals surface area contributed by atoms with E-state index in [1.807, 2.05) is 40.6 Å². The minimum absolute atomic E-state index is 0.0737. The predicted molar refractivity (Wildman–Crippen MR) is 92.7 cm³/mol. The SMILES string of the molecule is CNC(=O)c1ccc(CN(C)Cn2ncn(C(C)C)c2=S)cc1. The summed E-state index contributed by atoms with van der Waals surface area (Å²) in [6.07, 6.45) is 1.78. The zero-order valence-electron chi connectivity index (χ0n) is 14.0. The summed E-state index contributed by atoms with van der Waals surface area (Å²) < 4.78 is 4.51. The molecular weight excluding hydrogens is 310 g/mol. The Hall–Kier alpha value is -1.99. The monoisotopic (exact) mass is 333 g/mol. The molecule has 1 N–H and O–H groups in total. The maximum absolute atomic E-state index is 11.5. The Morgan fingerprint density at radius 3 is 2.52 bits per heavy atom. The van der Waals surface area contributed by atoms with E-state index in [9.17, 15) is 4.79 Å². The number of carbonyl (C=O) groups excluding carboxylic acids is 1. The Balaban J connectivity index is 2.01. The molecule has 0 aliphatic heterocycles. The lowest BCUT2D eigenvalue weighted by molar-refractivity contribution is 0.0963. The fourth-order valence-corrected chi connectivity index (χ4v) is 2.66. The smallest absolute Gasteiger partial charge is 0.251 e. The number of benzene rings is 1. The van der Waals surface area contributed by atoms with Crippen LogP contribution in [0.5, 0.6) is 0 Å². The van der Waals surface area contributed by atoms with Crippen molar-refractivity contribution in [3.05, 3.63) is 46.5 Å². The van der Waals surface area contributed by atoms with Gasteiger partial charge in [0.1, 0.15) is 6.33 Å². The molecule has 124 valence electrons. The van der Waals surface area contributed by atoms with Gasteiger partial charge in [-0.3, -0.25) is 9.69 Å².